The average Bonchev–Trinajstić information content (AvgIpc) is 3.01. The molecule has 2 rings (SSSR count). The lowest BCUT2D eigenvalue weighted by molar-refractivity contribution is -0.144. The molecule has 7 heteroatoms. The van der Waals surface area contributed by atoms with Gasteiger partial charge in [-0.3, -0.25) is 4.79 Å². The van der Waals surface area contributed by atoms with Crippen LogP contribution in [0.15, 0.2) is 30.5 Å². The zero-order valence-electron chi connectivity index (χ0n) is 12.6. The highest BCUT2D eigenvalue weighted by molar-refractivity contribution is 7.14. The van der Waals surface area contributed by atoms with Crippen molar-refractivity contribution < 1.29 is 19.4 Å². The minimum atomic E-state index is -1.02. The molecule has 0 radical (unpaired) electrons. The largest absolute Gasteiger partial charge is 0.479 e. The zero-order chi connectivity index (χ0) is 16.8. The van der Waals surface area contributed by atoms with Crippen LogP contribution in [0.5, 0.6) is 5.75 Å². The number of carbonyl (C=O) groups excluding carboxylic acids is 1. The molecule has 0 unspecified atom stereocenters. The molecule has 0 bridgehead atoms. The van der Waals surface area contributed by atoms with Crippen LogP contribution in [0.3, 0.4) is 0 Å². The van der Waals surface area contributed by atoms with Crippen molar-refractivity contribution in [3.8, 4) is 5.75 Å². The minimum Gasteiger partial charge on any atom is -0.479 e. The van der Waals surface area contributed by atoms with Crippen molar-refractivity contribution in [3.05, 3.63) is 45.9 Å². The molecule has 2 N–H and O–H groups in total. The van der Waals surface area contributed by atoms with Gasteiger partial charge in [-0.15, -0.1) is 11.3 Å². The van der Waals surface area contributed by atoms with Crippen LogP contribution in [0.25, 0.3) is 12.2 Å². The van der Waals surface area contributed by atoms with Crippen LogP contribution in [-0.4, -0.2) is 35.1 Å². The standard InChI is InChI=1S/C16H16N2O4S/c1-10(16(20)21)22-12-5-3-4-11(8-12)6-7-14-18-9-13(23-14)15(19)17-2/h3-10H,1-2H3,(H,17,19)(H,20,21)/b7-6-/t10-/m1/s1. The number of aromatic nitrogens is 1. The Kier molecular flexibility index (Phi) is 5.48. The number of thiazole rings is 1. The molecule has 0 spiro atoms. The van der Waals surface area contributed by atoms with Crippen LogP contribution >= 0.6 is 11.3 Å². The second kappa shape index (κ2) is 7.55. The lowest BCUT2D eigenvalue weighted by atomic mass is 10.2. The predicted molar refractivity (Wildman–Crippen MR) is 88.6 cm³/mol. The van der Waals surface area contributed by atoms with Crippen LogP contribution in [-0.2, 0) is 4.79 Å². The molecule has 120 valence electrons. The van der Waals surface area contributed by atoms with E-state index in [1.165, 1.54) is 24.5 Å². The lowest BCUT2D eigenvalue weighted by Crippen LogP contribution is -2.22. The van der Waals surface area contributed by atoms with E-state index in [1.807, 2.05) is 12.1 Å². The molecule has 0 saturated carbocycles. The third-order valence-electron chi connectivity index (χ3n) is 2.91. The first-order valence-electron chi connectivity index (χ1n) is 6.85. The van der Waals surface area contributed by atoms with E-state index in [-0.39, 0.29) is 5.91 Å². The van der Waals surface area contributed by atoms with E-state index < -0.39 is 12.1 Å². The molecule has 0 fully saturated rings. The van der Waals surface area contributed by atoms with Crippen molar-refractivity contribution in [1.29, 1.82) is 0 Å². The highest BCUT2D eigenvalue weighted by Crippen LogP contribution is 2.19. The van der Waals surface area contributed by atoms with Crippen molar-refractivity contribution in [1.82, 2.24) is 10.3 Å². The maximum atomic E-state index is 11.5. The van der Waals surface area contributed by atoms with Gasteiger partial charge in [-0.1, -0.05) is 18.2 Å². The van der Waals surface area contributed by atoms with Crippen LogP contribution in [0.2, 0.25) is 0 Å². The molecular formula is C16H16N2O4S. The molecule has 1 atom stereocenters. The summed E-state index contributed by atoms with van der Waals surface area (Å²) in [5, 5.41) is 12.1. The third kappa shape index (κ3) is 4.65. The van der Waals surface area contributed by atoms with Gasteiger partial charge in [-0.05, 0) is 30.7 Å². The lowest BCUT2D eigenvalue weighted by Gasteiger charge is -2.10. The Morgan fingerprint density at radius 3 is 2.87 bits per heavy atom. The number of amides is 1. The number of nitrogens with one attached hydrogen (secondary N) is 1. The number of carboxylic acid groups (broad SMARTS) is 1. The number of ether oxygens (including phenoxy) is 1. The Balaban J connectivity index is 2.09. The van der Waals surface area contributed by atoms with Gasteiger partial charge < -0.3 is 15.2 Å². The zero-order valence-corrected chi connectivity index (χ0v) is 13.5. The van der Waals surface area contributed by atoms with E-state index >= 15 is 0 Å². The van der Waals surface area contributed by atoms with Gasteiger partial charge in [0.1, 0.15) is 15.6 Å². The maximum absolute atomic E-state index is 11.5. The molecular weight excluding hydrogens is 316 g/mol. The first-order valence-corrected chi connectivity index (χ1v) is 7.66. The van der Waals surface area contributed by atoms with Gasteiger partial charge in [0, 0.05) is 7.05 Å². The second-order valence-corrected chi connectivity index (χ2v) is 5.71. The number of carboxylic acids is 1. The summed E-state index contributed by atoms with van der Waals surface area (Å²) >= 11 is 1.28. The van der Waals surface area contributed by atoms with Gasteiger partial charge >= 0.3 is 5.97 Å². The van der Waals surface area contributed by atoms with E-state index in [9.17, 15) is 9.59 Å². The quantitative estimate of drug-likeness (QED) is 0.848. The Hall–Kier alpha value is -2.67. The number of nitrogens with zero attached hydrogens (tertiary/aromatic N) is 1. The number of hydrogen-bond acceptors (Lipinski definition) is 5. The van der Waals surface area contributed by atoms with E-state index in [1.54, 1.807) is 31.3 Å². The molecule has 1 aromatic carbocycles. The first kappa shape index (κ1) is 16.7. The molecule has 1 heterocycles. The molecule has 1 amide bonds. The van der Waals surface area contributed by atoms with Gasteiger partial charge in [0.15, 0.2) is 6.10 Å². The number of hydrogen-bond donors (Lipinski definition) is 2. The van der Waals surface area contributed by atoms with Crippen molar-refractivity contribution in [2.45, 2.75) is 13.0 Å². The predicted octanol–water partition coefficient (Wildman–Crippen LogP) is 2.53. The molecule has 6 nitrogen and oxygen atoms in total. The summed E-state index contributed by atoms with van der Waals surface area (Å²) in [6.07, 6.45) is 4.22. The van der Waals surface area contributed by atoms with Crippen molar-refractivity contribution in [2.24, 2.45) is 0 Å². The average molecular weight is 332 g/mol. The fraction of sp³-hybridized carbons (Fsp3) is 0.188. The Morgan fingerprint density at radius 1 is 1.39 bits per heavy atom. The summed E-state index contributed by atoms with van der Waals surface area (Å²) in [6, 6.07) is 7.08. The highest BCUT2D eigenvalue weighted by atomic mass is 32.1. The van der Waals surface area contributed by atoms with E-state index in [0.29, 0.717) is 15.6 Å². The fourth-order valence-corrected chi connectivity index (χ4v) is 2.47. The number of aliphatic carboxylic acids is 1. The van der Waals surface area contributed by atoms with Crippen LogP contribution in [0.4, 0.5) is 0 Å². The van der Waals surface area contributed by atoms with Gasteiger partial charge in [-0.2, -0.15) is 0 Å². The van der Waals surface area contributed by atoms with Crippen molar-refractivity contribution in [2.75, 3.05) is 7.05 Å². The first-order chi connectivity index (χ1) is 11.0. The fourth-order valence-electron chi connectivity index (χ4n) is 1.71. The molecule has 0 saturated heterocycles. The number of rotatable bonds is 6. The van der Waals surface area contributed by atoms with E-state index in [0.717, 1.165) is 5.56 Å². The van der Waals surface area contributed by atoms with Crippen LogP contribution in [0.1, 0.15) is 27.2 Å². The van der Waals surface area contributed by atoms with Crippen LogP contribution < -0.4 is 10.1 Å². The molecule has 2 aromatic rings. The van der Waals surface area contributed by atoms with Gasteiger partial charge in [0.2, 0.25) is 0 Å². The molecule has 23 heavy (non-hydrogen) atoms. The smallest absolute Gasteiger partial charge is 0.344 e. The van der Waals surface area contributed by atoms with E-state index in [4.69, 9.17) is 9.84 Å². The van der Waals surface area contributed by atoms with Gasteiger partial charge in [-0.25, -0.2) is 9.78 Å². The third-order valence-corrected chi connectivity index (χ3v) is 3.87. The SMILES string of the molecule is CNC(=O)c1cnc(/C=C\c2cccc(O[C@H](C)C(=O)O)c2)s1. The molecule has 0 aliphatic carbocycles. The highest BCUT2D eigenvalue weighted by Gasteiger charge is 2.12. The van der Waals surface area contributed by atoms with Crippen molar-refractivity contribution in [3.63, 3.8) is 0 Å². The van der Waals surface area contributed by atoms with Gasteiger partial charge in [0.05, 0.1) is 6.20 Å². The molecule has 1 aromatic heterocycles. The van der Waals surface area contributed by atoms with E-state index in [2.05, 4.69) is 10.3 Å². The summed E-state index contributed by atoms with van der Waals surface area (Å²) < 4.78 is 5.32. The second-order valence-electron chi connectivity index (χ2n) is 4.65. The molecule has 0 aliphatic heterocycles. The monoisotopic (exact) mass is 332 g/mol. The Labute approximate surface area is 137 Å². The topological polar surface area (TPSA) is 88.5 Å². The summed E-state index contributed by atoms with van der Waals surface area (Å²) in [7, 11) is 1.57. The van der Waals surface area contributed by atoms with Crippen LogP contribution in [0, 0.1) is 0 Å². The summed E-state index contributed by atoms with van der Waals surface area (Å²) in [5.74, 6) is -0.706. The van der Waals surface area contributed by atoms with Crippen molar-refractivity contribution >= 4 is 35.4 Å². The summed E-state index contributed by atoms with van der Waals surface area (Å²) in [4.78, 5) is 27.0. The minimum absolute atomic E-state index is 0.166. The normalized spacial score (nSPS) is 12.1. The Bertz CT molecular complexity index is 739. The van der Waals surface area contributed by atoms with Gasteiger partial charge in [0.25, 0.3) is 5.91 Å². The summed E-state index contributed by atoms with van der Waals surface area (Å²) in [6.45, 7) is 1.47. The Morgan fingerprint density at radius 2 is 2.17 bits per heavy atom. The molecule has 0 aliphatic rings. The number of carbonyl (C=O) groups is 2. The number of benzene rings is 1. The maximum Gasteiger partial charge on any atom is 0.344 e. The summed E-state index contributed by atoms with van der Waals surface area (Å²) in [5.41, 5.74) is 0.844.